The molecular formula is C23H22N6O4S2. The van der Waals surface area contributed by atoms with Crippen molar-refractivity contribution in [1.82, 2.24) is 24.3 Å². The maximum absolute atomic E-state index is 13.3. The van der Waals surface area contributed by atoms with Gasteiger partial charge in [-0.15, -0.1) is 11.3 Å². The Balaban J connectivity index is 1.32. The number of thioether (sulfide) groups is 1. The second-order valence-corrected chi connectivity index (χ2v) is 9.89. The number of hydrogen-bond acceptors (Lipinski definition) is 9. The molecule has 1 aliphatic heterocycles. The maximum atomic E-state index is 13.3. The molecule has 0 saturated heterocycles. The van der Waals surface area contributed by atoms with Gasteiger partial charge in [-0.05, 0) is 26.0 Å². The Morgan fingerprint density at radius 2 is 2.03 bits per heavy atom. The van der Waals surface area contributed by atoms with Crippen LogP contribution in [0.25, 0.3) is 16.7 Å². The van der Waals surface area contributed by atoms with Crippen LogP contribution in [0.15, 0.2) is 45.8 Å². The fraction of sp³-hybridized carbons (Fsp3) is 0.304. The third kappa shape index (κ3) is 4.71. The van der Waals surface area contributed by atoms with E-state index in [4.69, 9.17) is 9.72 Å². The van der Waals surface area contributed by atoms with Crippen LogP contribution in [0.1, 0.15) is 30.6 Å². The Hall–Kier alpha value is -3.51. The molecule has 1 unspecified atom stereocenters. The largest absolute Gasteiger partial charge is 0.466 e. The first kappa shape index (κ1) is 23.2. The van der Waals surface area contributed by atoms with Gasteiger partial charge < -0.3 is 10.1 Å². The highest BCUT2D eigenvalue weighted by molar-refractivity contribution is 7.99. The number of thiazole rings is 1. The molecule has 0 aliphatic carbocycles. The molecule has 10 nitrogen and oxygen atoms in total. The Kier molecular flexibility index (Phi) is 6.39. The number of benzene rings is 1. The number of nitrogens with zero attached hydrogens (tertiary/aromatic N) is 5. The Labute approximate surface area is 208 Å². The van der Waals surface area contributed by atoms with E-state index < -0.39 is 0 Å². The van der Waals surface area contributed by atoms with Gasteiger partial charge in [0.1, 0.15) is 5.39 Å². The van der Waals surface area contributed by atoms with E-state index in [-0.39, 0.29) is 36.3 Å². The van der Waals surface area contributed by atoms with Crippen LogP contribution in [-0.4, -0.2) is 48.6 Å². The van der Waals surface area contributed by atoms with Crippen molar-refractivity contribution in [1.29, 1.82) is 0 Å². The summed E-state index contributed by atoms with van der Waals surface area (Å²) in [6, 6.07) is 7.50. The number of aromatic nitrogens is 5. The van der Waals surface area contributed by atoms with Crippen molar-refractivity contribution in [2.45, 2.75) is 37.9 Å². The van der Waals surface area contributed by atoms with Crippen LogP contribution in [0.5, 0.6) is 0 Å². The SMILES string of the molecule is CCOC(=O)Cc1csc(NC(=O)CC2CSc3nc4c(cnn4-c4ccc(C)cc4)c(=O)n32)n1. The molecule has 1 atom stereocenters. The van der Waals surface area contributed by atoms with Crippen LogP contribution in [0, 0.1) is 6.92 Å². The van der Waals surface area contributed by atoms with Gasteiger partial charge in [0.25, 0.3) is 5.56 Å². The smallest absolute Gasteiger partial charge is 0.311 e. The van der Waals surface area contributed by atoms with Crippen molar-refractivity contribution in [3.05, 3.63) is 57.5 Å². The molecule has 180 valence electrons. The Morgan fingerprint density at radius 3 is 2.80 bits per heavy atom. The lowest BCUT2D eigenvalue weighted by Gasteiger charge is -2.13. The zero-order valence-electron chi connectivity index (χ0n) is 19.1. The molecule has 4 heterocycles. The van der Waals surface area contributed by atoms with Gasteiger partial charge in [0.05, 0.1) is 36.6 Å². The van der Waals surface area contributed by atoms with E-state index in [1.807, 2.05) is 31.2 Å². The second-order valence-electron chi connectivity index (χ2n) is 8.04. The van der Waals surface area contributed by atoms with Crippen molar-refractivity contribution in [3.63, 3.8) is 0 Å². The van der Waals surface area contributed by atoms with Crippen LogP contribution in [0.3, 0.4) is 0 Å². The molecule has 1 aromatic carbocycles. The summed E-state index contributed by atoms with van der Waals surface area (Å²) >= 11 is 2.68. The van der Waals surface area contributed by atoms with Crippen LogP contribution in [0.2, 0.25) is 0 Å². The Morgan fingerprint density at radius 1 is 1.23 bits per heavy atom. The van der Waals surface area contributed by atoms with Crippen LogP contribution in [-0.2, 0) is 20.7 Å². The number of anilines is 1. The summed E-state index contributed by atoms with van der Waals surface area (Å²) in [4.78, 5) is 46.6. The number of carbonyl (C=O) groups is 2. The fourth-order valence-corrected chi connectivity index (χ4v) is 5.70. The molecule has 1 N–H and O–H groups in total. The summed E-state index contributed by atoms with van der Waals surface area (Å²) in [5, 5.41) is 10.2. The van der Waals surface area contributed by atoms with E-state index in [9.17, 15) is 14.4 Å². The molecule has 1 aliphatic rings. The molecule has 35 heavy (non-hydrogen) atoms. The summed E-state index contributed by atoms with van der Waals surface area (Å²) in [7, 11) is 0. The number of fused-ring (bicyclic) bond motifs is 2. The number of rotatable bonds is 7. The van der Waals surface area contributed by atoms with Crippen molar-refractivity contribution in [2.75, 3.05) is 17.7 Å². The van der Waals surface area contributed by atoms with Gasteiger partial charge in [-0.2, -0.15) is 5.10 Å². The van der Waals surface area contributed by atoms with Crippen molar-refractivity contribution in [3.8, 4) is 5.69 Å². The number of esters is 1. The minimum absolute atomic E-state index is 0.0557. The molecule has 12 heteroatoms. The number of nitrogens with one attached hydrogen (secondary N) is 1. The van der Waals surface area contributed by atoms with Crippen LogP contribution in [0.4, 0.5) is 5.13 Å². The van der Waals surface area contributed by atoms with E-state index in [2.05, 4.69) is 15.4 Å². The molecule has 0 fully saturated rings. The van der Waals surface area contributed by atoms with E-state index >= 15 is 0 Å². The first-order valence-corrected chi connectivity index (χ1v) is 12.9. The number of aryl methyl sites for hydroxylation is 1. The molecule has 1 amide bonds. The van der Waals surface area contributed by atoms with Gasteiger partial charge in [0.2, 0.25) is 5.91 Å². The molecule has 0 bridgehead atoms. The first-order valence-electron chi connectivity index (χ1n) is 11.0. The zero-order chi connectivity index (χ0) is 24.5. The lowest BCUT2D eigenvalue weighted by molar-refractivity contribution is -0.142. The summed E-state index contributed by atoms with van der Waals surface area (Å²) in [6.45, 7) is 4.05. The van der Waals surface area contributed by atoms with E-state index in [0.717, 1.165) is 11.3 Å². The minimum atomic E-state index is -0.362. The number of amides is 1. The topological polar surface area (TPSA) is 121 Å². The van der Waals surface area contributed by atoms with Crippen molar-refractivity contribution >= 4 is 51.1 Å². The third-order valence-corrected chi connectivity index (χ3v) is 7.40. The van der Waals surface area contributed by atoms with E-state index in [1.54, 1.807) is 21.6 Å². The lowest BCUT2D eigenvalue weighted by Crippen LogP contribution is -2.27. The summed E-state index contributed by atoms with van der Waals surface area (Å²) in [5.74, 6) is -0.0614. The van der Waals surface area contributed by atoms with Gasteiger partial charge in [0, 0.05) is 17.6 Å². The van der Waals surface area contributed by atoms with Crippen molar-refractivity contribution in [2.24, 2.45) is 0 Å². The highest BCUT2D eigenvalue weighted by atomic mass is 32.2. The van der Waals surface area contributed by atoms with Gasteiger partial charge in [0.15, 0.2) is 15.9 Å². The summed E-state index contributed by atoms with van der Waals surface area (Å²) in [6.07, 6.45) is 1.69. The second kappa shape index (κ2) is 9.62. The van der Waals surface area contributed by atoms with Gasteiger partial charge in [-0.1, -0.05) is 29.5 Å². The van der Waals surface area contributed by atoms with E-state index in [0.29, 0.717) is 39.4 Å². The normalized spacial score (nSPS) is 14.7. The average Bonchev–Trinajstić information content (AvgIpc) is 3.54. The number of hydrogen-bond donors (Lipinski definition) is 1. The van der Waals surface area contributed by atoms with Gasteiger partial charge in [-0.3, -0.25) is 19.0 Å². The molecule has 0 saturated carbocycles. The third-order valence-electron chi connectivity index (χ3n) is 5.50. The molecule has 0 radical (unpaired) electrons. The Bertz CT molecular complexity index is 1470. The summed E-state index contributed by atoms with van der Waals surface area (Å²) < 4.78 is 8.17. The maximum Gasteiger partial charge on any atom is 0.311 e. The predicted molar refractivity (Wildman–Crippen MR) is 133 cm³/mol. The van der Waals surface area contributed by atoms with Gasteiger partial charge in [-0.25, -0.2) is 14.6 Å². The monoisotopic (exact) mass is 510 g/mol. The van der Waals surface area contributed by atoms with Crippen LogP contribution < -0.4 is 10.9 Å². The minimum Gasteiger partial charge on any atom is -0.466 e. The standard InChI is InChI=1S/C23H22N6O4S2/c1-3-33-19(31)8-14-11-34-22(25-14)26-18(30)9-16-12-35-23-27-20-17(21(32)28(16)23)10-24-29(20)15-6-4-13(2)5-7-15/h4-7,10-11,16H,3,8-9,12H2,1-2H3,(H,25,26,30). The summed E-state index contributed by atoms with van der Waals surface area (Å²) in [5.41, 5.74) is 2.78. The van der Waals surface area contributed by atoms with Gasteiger partial charge >= 0.3 is 5.97 Å². The highest BCUT2D eigenvalue weighted by Gasteiger charge is 2.30. The molecule has 5 rings (SSSR count). The highest BCUT2D eigenvalue weighted by Crippen LogP contribution is 2.33. The predicted octanol–water partition coefficient (Wildman–Crippen LogP) is 3.13. The zero-order valence-corrected chi connectivity index (χ0v) is 20.7. The van der Waals surface area contributed by atoms with Crippen LogP contribution >= 0.6 is 23.1 Å². The first-order chi connectivity index (χ1) is 16.9. The number of carbonyl (C=O) groups excluding carboxylic acids is 2. The van der Waals surface area contributed by atoms with E-state index in [1.165, 1.54) is 29.3 Å². The average molecular weight is 511 g/mol. The molecule has 3 aromatic heterocycles. The molecule has 0 spiro atoms. The fourth-order valence-electron chi connectivity index (χ4n) is 3.85. The quantitative estimate of drug-likeness (QED) is 0.297. The van der Waals surface area contributed by atoms with Crippen molar-refractivity contribution < 1.29 is 14.3 Å². The molecular weight excluding hydrogens is 488 g/mol. The molecule has 4 aromatic rings. The lowest BCUT2D eigenvalue weighted by atomic mass is 10.2. The number of ether oxygens (including phenoxy) is 1.